The number of ether oxygens (including phenoxy) is 1. The van der Waals surface area contributed by atoms with Crippen molar-refractivity contribution >= 4 is 16.9 Å². The molecule has 0 atom stereocenters. The van der Waals surface area contributed by atoms with Crippen LogP contribution >= 0.6 is 0 Å². The van der Waals surface area contributed by atoms with Crippen molar-refractivity contribution in [3.63, 3.8) is 0 Å². The van der Waals surface area contributed by atoms with Gasteiger partial charge in [-0.25, -0.2) is 9.18 Å². The Morgan fingerprint density at radius 1 is 1.10 bits per heavy atom. The van der Waals surface area contributed by atoms with E-state index in [0.29, 0.717) is 31.0 Å². The van der Waals surface area contributed by atoms with Crippen LogP contribution in [0.4, 0.5) is 4.39 Å². The van der Waals surface area contributed by atoms with Crippen molar-refractivity contribution < 1.29 is 19.0 Å². The van der Waals surface area contributed by atoms with Gasteiger partial charge in [-0.15, -0.1) is 0 Å². The first-order chi connectivity index (χ1) is 14.6. The van der Waals surface area contributed by atoms with E-state index in [9.17, 15) is 9.18 Å². The average molecular weight is 405 g/mol. The van der Waals surface area contributed by atoms with Gasteiger partial charge in [-0.1, -0.05) is 24.3 Å². The third-order valence-corrected chi connectivity index (χ3v) is 4.67. The van der Waals surface area contributed by atoms with Crippen LogP contribution in [0.3, 0.4) is 0 Å². The molecular formula is C23H20FN3O3. The van der Waals surface area contributed by atoms with Crippen molar-refractivity contribution in [2.24, 2.45) is 0 Å². The molecule has 2 aromatic heterocycles. The lowest BCUT2D eigenvalue weighted by molar-refractivity contribution is 0.0691. The Morgan fingerprint density at radius 2 is 1.97 bits per heavy atom. The summed E-state index contributed by atoms with van der Waals surface area (Å²) in [4.78, 5) is 18.3. The molecule has 2 aromatic carbocycles. The lowest BCUT2D eigenvalue weighted by Gasteiger charge is -2.09. The third-order valence-electron chi connectivity index (χ3n) is 4.67. The van der Waals surface area contributed by atoms with Gasteiger partial charge in [0.25, 0.3) is 0 Å². The maximum atomic E-state index is 13.4. The standard InChI is InChI=1S/C23H20FN3O3/c24-19-5-1-3-16(10-19)18-9-15(13-26-14-18)12-25-7-8-30-21-6-2-4-17-11-20(23(28)29)27-22(17)21/h1-6,9-11,13-14,25,27H,7-8,12H2,(H,28,29). The van der Waals surface area contributed by atoms with Gasteiger partial charge in [0.2, 0.25) is 0 Å². The van der Waals surface area contributed by atoms with Crippen molar-refractivity contribution in [3.05, 3.63) is 84.1 Å². The first-order valence-electron chi connectivity index (χ1n) is 9.48. The number of aromatic nitrogens is 2. The van der Waals surface area contributed by atoms with E-state index in [0.717, 1.165) is 22.1 Å². The van der Waals surface area contributed by atoms with Crippen LogP contribution in [-0.2, 0) is 6.54 Å². The molecule has 4 aromatic rings. The van der Waals surface area contributed by atoms with E-state index in [4.69, 9.17) is 9.84 Å². The number of para-hydroxylation sites is 1. The second-order valence-electron chi connectivity index (χ2n) is 6.83. The van der Waals surface area contributed by atoms with E-state index in [-0.39, 0.29) is 11.5 Å². The molecule has 0 radical (unpaired) electrons. The van der Waals surface area contributed by atoms with Gasteiger partial charge in [-0.05, 0) is 41.5 Å². The maximum absolute atomic E-state index is 13.4. The normalized spacial score (nSPS) is 11.0. The second kappa shape index (κ2) is 8.75. The molecule has 152 valence electrons. The van der Waals surface area contributed by atoms with Gasteiger partial charge >= 0.3 is 5.97 Å². The van der Waals surface area contributed by atoms with Gasteiger partial charge in [-0.3, -0.25) is 4.98 Å². The van der Waals surface area contributed by atoms with Crippen LogP contribution < -0.4 is 10.1 Å². The predicted octanol–water partition coefficient (Wildman–Crippen LogP) is 4.24. The number of pyridine rings is 1. The molecule has 30 heavy (non-hydrogen) atoms. The average Bonchev–Trinajstić information content (AvgIpc) is 3.19. The van der Waals surface area contributed by atoms with Crippen molar-refractivity contribution in [2.45, 2.75) is 6.54 Å². The number of halogens is 1. The minimum atomic E-state index is -1.01. The van der Waals surface area contributed by atoms with Crippen LogP contribution in [0.15, 0.2) is 67.0 Å². The highest BCUT2D eigenvalue weighted by atomic mass is 19.1. The molecule has 0 spiro atoms. The zero-order valence-electron chi connectivity index (χ0n) is 16.1. The summed E-state index contributed by atoms with van der Waals surface area (Å²) in [5, 5.41) is 13.2. The van der Waals surface area contributed by atoms with Crippen LogP contribution in [0.1, 0.15) is 16.1 Å². The number of benzene rings is 2. The highest BCUT2D eigenvalue weighted by Gasteiger charge is 2.10. The Bertz CT molecular complexity index is 1190. The van der Waals surface area contributed by atoms with Crippen LogP contribution in [0.2, 0.25) is 0 Å². The van der Waals surface area contributed by atoms with Crippen LogP contribution in [0, 0.1) is 5.82 Å². The van der Waals surface area contributed by atoms with Crippen LogP contribution in [0.5, 0.6) is 5.75 Å². The number of rotatable bonds is 8. The number of aromatic carboxylic acids is 1. The molecule has 0 aliphatic carbocycles. The summed E-state index contributed by atoms with van der Waals surface area (Å²) in [5.41, 5.74) is 3.42. The van der Waals surface area contributed by atoms with Gasteiger partial charge in [0, 0.05) is 36.4 Å². The molecule has 0 saturated carbocycles. The van der Waals surface area contributed by atoms with E-state index >= 15 is 0 Å². The fourth-order valence-electron chi connectivity index (χ4n) is 3.24. The summed E-state index contributed by atoms with van der Waals surface area (Å²) in [7, 11) is 0. The Kier molecular flexibility index (Phi) is 5.72. The highest BCUT2D eigenvalue weighted by molar-refractivity contribution is 5.95. The molecule has 0 unspecified atom stereocenters. The van der Waals surface area contributed by atoms with Crippen molar-refractivity contribution in [2.75, 3.05) is 13.2 Å². The molecule has 0 aliphatic heterocycles. The SMILES string of the molecule is O=C(O)c1cc2cccc(OCCNCc3cncc(-c4cccc(F)c4)c3)c2[nH]1. The molecule has 0 fully saturated rings. The summed E-state index contributed by atoms with van der Waals surface area (Å²) in [6.45, 7) is 1.60. The zero-order valence-corrected chi connectivity index (χ0v) is 16.1. The Labute approximate surface area is 172 Å². The number of hydrogen-bond donors (Lipinski definition) is 3. The van der Waals surface area contributed by atoms with E-state index in [1.807, 2.05) is 24.3 Å². The minimum absolute atomic E-state index is 0.129. The quantitative estimate of drug-likeness (QED) is 0.382. The molecule has 0 amide bonds. The minimum Gasteiger partial charge on any atom is -0.490 e. The molecule has 2 heterocycles. The predicted molar refractivity (Wildman–Crippen MR) is 112 cm³/mol. The topological polar surface area (TPSA) is 87.2 Å². The lowest BCUT2D eigenvalue weighted by atomic mass is 10.1. The molecule has 4 rings (SSSR count). The Morgan fingerprint density at radius 3 is 2.80 bits per heavy atom. The first kappa shape index (κ1) is 19.6. The lowest BCUT2D eigenvalue weighted by Crippen LogP contribution is -2.20. The van der Waals surface area contributed by atoms with Crippen molar-refractivity contribution in [1.82, 2.24) is 15.3 Å². The van der Waals surface area contributed by atoms with Gasteiger partial charge in [-0.2, -0.15) is 0 Å². The second-order valence-corrected chi connectivity index (χ2v) is 6.83. The number of hydrogen-bond acceptors (Lipinski definition) is 4. The van der Waals surface area contributed by atoms with Crippen LogP contribution in [0.25, 0.3) is 22.0 Å². The zero-order chi connectivity index (χ0) is 20.9. The molecular weight excluding hydrogens is 385 g/mol. The van der Waals surface area contributed by atoms with Crippen LogP contribution in [-0.4, -0.2) is 34.2 Å². The van der Waals surface area contributed by atoms with E-state index in [1.54, 1.807) is 30.6 Å². The number of carboxylic acids is 1. The smallest absolute Gasteiger partial charge is 0.352 e. The molecule has 3 N–H and O–H groups in total. The monoisotopic (exact) mass is 405 g/mol. The molecule has 7 heteroatoms. The van der Waals surface area contributed by atoms with E-state index in [2.05, 4.69) is 15.3 Å². The first-order valence-corrected chi connectivity index (χ1v) is 9.48. The Balaban J connectivity index is 1.32. The molecule has 0 saturated heterocycles. The third kappa shape index (κ3) is 4.47. The number of aromatic amines is 1. The summed E-state index contributed by atoms with van der Waals surface area (Å²) < 4.78 is 19.3. The van der Waals surface area contributed by atoms with E-state index < -0.39 is 5.97 Å². The number of fused-ring (bicyclic) bond motifs is 1. The van der Waals surface area contributed by atoms with Gasteiger partial charge in [0.1, 0.15) is 23.9 Å². The number of nitrogens with one attached hydrogen (secondary N) is 2. The number of carbonyl (C=O) groups is 1. The fourth-order valence-corrected chi connectivity index (χ4v) is 3.24. The summed E-state index contributed by atoms with van der Waals surface area (Å²) >= 11 is 0. The van der Waals surface area contributed by atoms with Crippen molar-refractivity contribution in [1.29, 1.82) is 0 Å². The summed E-state index contributed by atoms with van der Waals surface area (Å²) in [6, 6.07) is 15.5. The number of nitrogens with zero attached hydrogens (tertiary/aromatic N) is 1. The van der Waals surface area contributed by atoms with Gasteiger partial charge < -0.3 is 20.1 Å². The van der Waals surface area contributed by atoms with Crippen molar-refractivity contribution in [3.8, 4) is 16.9 Å². The summed E-state index contributed by atoms with van der Waals surface area (Å²) in [5.74, 6) is -0.676. The van der Waals surface area contributed by atoms with E-state index in [1.165, 1.54) is 12.1 Å². The molecule has 6 nitrogen and oxygen atoms in total. The van der Waals surface area contributed by atoms with Gasteiger partial charge in [0.05, 0.1) is 5.52 Å². The molecule has 0 aliphatic rings. The largest absolute Gasteiger partial charge is 0.490 e. The Hall–Kier alpha value is -3.71. The maximum Gasteiger partial charge on any atom is 0.352 e. The van der Waals surface area contributed by atoms with Gasteiger partial charge in [0.15, 0.2) is 0 Å². The number of H-pyrrole nitrogens is 1. The summed E-state index contributed by atoms with van der Waals surface area (Å²) in [6.07, 6.45) is 3.48. The molecule has 0 bridgehead atoms. The fraction of sp³-hybridized carbons (Fsp3) is 0.130. The highest BCUT2D eigenvalue weighted by Crippen LogP contribution is 2.25. The number of carboxylic acid groups (broad SMARTS) is 1.